The summed E-state index contributed by atoms with van der Waals surface area (Å²) in [5, 5.41) is 5.90. The molecule has 0 unspecified atom stereocenters. The number of halogens is 1. The number of unbranched alkanes of at least 4 members (excludes halogenated alkanes) is 1. The summed E-state index contributed by atoms with van der Waals surface area (Å²) in [6.07, 6.45) is 3.05. The molecule has 0 saturated carbocycles. The maximum atomic E-state index is 13.8. The number of anilines is 1. The molecule has 184 valence electrons. The number of likely N-dealkylation sites (tertiary alicyclic amines) is 1. The summed E-state index contributed by atoms with van der Waals surface area (Å²) in [5.41, 5.74) is 1.96. The van der Waals surface area contributed by atoms with Crippen LogP contribution in [0.15, 0.2) is 36.4 Å². The third-order valence-electron chi connectivity index (χ3n) is 6.25. The number of rotatable bonds is 8. The van der Waals surface area contributed by atoms with E-state index in [1.807, 2.05) is 0 Å². The Balaban J connectivity index is 1.78. The van der Waals surface area contributed by atoms with Crippen molar-refractivity contribution in [2.75, 3.05) is 32.6 Å². The Labute approximate surface area is 200 Å². The number of nitrogens with zero attached hydrogens (tertiary/aromatic N) is 1. The van der Waals surface area contributed by atoms with Gasteiger partial charge in [0.25, 0.3) is 0 Å². The second-order valence-electron chi connectivity index (χ2n) is 8.59. The molecule has 2 atom stereocenters. The van der Waals surface area contributed by atoms with Crippen molar-refractivity contribution < 1.29 is 23.5 Å². The van der Waals surface area contributed by atoms with E-state index in [0.29, 0.717) is 42.1 Å². The van der Waals surface area contributed by atoms with Gasteiger partial charge in [0.05, 0.1) is 31.9 Å². The van der Waals surface area contributed by atoms with Crippen molar-refractivity contribution in [2.45, 2.75) is 45.6 Å². The van der Waals surface area contributed by atoms with Crippen molar-refractivity contribution in [2.24, 2.45) is 5.92 Å². The molecule has 2 aromatic rings. The molecule has 8 heteroatoms. The molecular formula is C26H34FN3O4. The SMILES string of the molecule is CCCCNC(=O)N1C[C@H](C(=O)Nc2ccc(OC)cc2OC)CC[C@H]1c1ccc(F)c(C)c1. The van der Waals surface area contributed by atoms with Crippen LogP contribution in [0, 0.1) is 18.7 Å². The van der Waals surface area contributed by atoms with Crippen molar-refractivity contribution in [1.82, 2.24) is 10.2 Å². The van der Waals surface area contributed by atoms with Gasteiger partial charge in [-0.3, -0.25) is 4.79 Å². The second kappa shape index (κ2) is 11.7. The number of aryl methyl sites for hydroxylation is 1. The lowest BCUT2D eigenvalue weighted by Crippen LogP contribution is -2.49. The number of carbonyl (C=O) groups excluding carboxylic acids is 2. The Hall–Kier alpha value is -3.29. The fraction of sp³-hybridized carbons (Fsp3) is 0.462. The highest BCUT2D eigenvalue weighted by Gasteiger charge is 2.36. The van der Waals surface area contributed by atoms with Gasteiger partial charge >= 0.3 is 6.03 Å². The molecule has 2 N–H and O–H groups in total. The van der Waals surface area contributed by atoms with Crippen LogP contribution in [0.2, 0.25) is 0 Å². The average Bonchev–Trinajstić information content (AvgIpc) is 2.85. The van der Waals surface area contributed by atoms with Gasteiger partial charge in [0, 0.05) is 19.2 Å². The van der Waals surface area contributed by atoms with Gasteiger partial charge in [-0.25, -0.2) is 9.18 Å². The highest BCUT2D eigenvalue weighted by molar-refractivity contribution is 5.94. The number of benzene rings is 2. The number of amides is 3. The number of ether oxygens (including phenoxy) is 2. The highest BCUT2D eigenvalue weighted by Crippen LogP contribution is 2.36. The van der Waals surface area contributed by atoms with E-state index in [4.69, 9.17) is 9.47 Å². The summed E-state index contributed by atoms with van der Waals surface area (Å²) >= 11 is 0. The minimum absolute atomic E-state index is 0.177. The van der Waals surface area contributed by atoms with Crippen molar-refractivity contribution in [3.8, 4) is 11.5 Å². The van der Waals surface area contributed by atoms with E-state index >= 15 is 0 Å². The first-order valence-corrected chi connectivity index (χ1v) is 11.7. The second-order valence-corrected chi connectivity index (χ2v) is 8.59. The quantitative estimate of drug-likeness (QED) is 0.528. The Morgan fingerprint density at radius 3 is 2.59 bits per heavy atom. The first kappa shape index (κ1) is 25.3. The number of hydrogen-bond acceptors (Lipinski definition) is 4. The van der Waals surface area contributed by atoms with Gasteiger partial charge in [-0.1, -0.05) is 25.5 Å². The first-order valence-electron chi connectivity index (χ1n) is 11.7. The molecule has 3 amide bonds. The van der Waals surface area contributed by atoms with Crippen molar-refractivity contribution in [1.29, 1.82) is 0 Å². The van der Waals surface area contributed by atoms with Gasteiger partial charge < -0.3 is 25.0 Å². The maximum absolute atomic E-state index is 13.8. The maximum Gasteiger partial charge on any atom is 0.317 e. The van der Waals surface area contributed by atoms with Crippen LogP contribution in [0.4, 0.5) is 14.9 Å². The minimum Gasteiger partial charge on any atom is -0.497 e. The van der Waals surface area contributed by atoms with E-state index in [1.54, 1.807) is 49.3 Å². The Morgan fingerprint density at radius 1 is 1.12 bits per heavy atom. The average molecular weight is 472 g/mol. The van der Waals surface area contributed by atoms with Gasteiger partial charge in [0.1, 0.15) is 17.3 Å². The normalized spacial score (nSPS) is 17.7. The molecule has 34 heavy (non-hydrogen) atoms. The monoisotopic (exact) mass is 471 g/mol. The summed E-state index contributed by atoms with van der Waals surface area (Å²) < 4.78 is 24.4. The fourth-order valence-electron chi connectivity index (χ4n) is 4.24. The number of carbonyl (C=O) groups is 2. The molecule has 0 aromatic heterocycles. The van der Waals surface area contributed by atoms with E-state index in [9.17, 15) is 14.0 Å². The van der Waals surface area contributed by atoms with Gasteiger partial charge in [0.15, 0.2) is 0 Å². The molecule has 0 bridgehead atoms. The number of hydrogen-bond donors (Lipinski definition) is 2. The lowest BCUT2D eigenvalue weighted by molar-refractivity contribution is -0.121. The van der Waals surface area contributed by atoms with Crippen molar-refractivity contribution in [3.05, 3.63) is 53.3 Å². The summed E-state index contributed by atoms with van der Waals surface area (Å²) in [7, 11) is 3.09. The molecule has 0 aliphatic carbocycles. The third kappa shape index (κ3) is 5.98. The number of piperidine rings is 1. The van der Waals surface area contributed by atoms with Crippen LogP contribution >= 0.6 is 0 Å². The number of methoxy groups -OCH3 is 2. The molecule has 1 heterocycles. The Morgan fingerprint density at radius 2 is 1.91 bits per heavy atom. The first-order chi connectivity index (χ1) is 16.4. The molecule has 1 saturated heterocycles. The zero-order valence-electron chi connectivity index (χ0n) is 20.3. The third-order valence-corrected chi connectivity index (χ3v) is 6.25. The molecule has 0 radical (unpaired) electrons. The number of urea groups is 1. The van der Waals surface area contributed by atoms with Gasteiger partial charge in [-0.2, -0.15) is 0 Å². The minimum atomic E-state index is -0.387. The lowest BCUT2D eigenvalue weighted by atomic mass is 9.88. The highest BCUT2D eigenvalue weighted by atomic mass is 19.1. The molecule has 0 spiro atoms. The predicted octanol–water partition coefficient (Wildman–Crippen LogP) is 5.05. The molecule has 7 nitrogen and oxygen atoms in total. The largest absolute Gasteiger partial charge is 0.497 e. The lowest BCUT2D eigenvalue weighted by Gasteiger charge is -2.39. The standard InChI is InChI=1S/C26H34FN3O4/c1-5-6-13-28-26(32)30-16-19(8-12-23(30)18-7-10-21(27)17(2)14-18)25(31)29-22-11-9-20(33-3)15-24(22)34-4/h7,9-11,14-15,19,23H,5-6,8,12-13,16H2,1-4H3,(H,28,32)(H,29,31)/t19-,23+/m1/s1. The van der Waals surface area contributed by atoms with Crippen LogP contribution in [-0.2, 0) is 4.79 Å². The number of nitrogens with one attached hydrogen (secondary N) is 2. The molecule has 1 aliphatic heterocycles. The van der Waals surface area contributed by atoms with Crippen LogP contribution < -0.4 is 20.1 Å². The van der Waals surface area contributed by atoms with Crippen LogP contribution in [-0.4, -0.2) is 44.1 Å². The molecule has 1 fully saturated rings. The summed E-state index contributed by atoms with van der Waals surface area (Å²) in [6.45, 7) is 4.61. The van der Waals surface area contributed by atoms with E-state index in [2.05, 4.69) is 17.6 Å². The fourth-order valence-corrected chi connectivity index (χ4v) is 4.24. The Bertz CT molecular complexity index is 1010. The van der Waals surface area contributed by atoms with E-state index in [1.165, 1.54) is 13.2 Å². The molecule has 3 rings (SSSR count). The summed E-state index contributed by atoms with van der Waals surface area (Å²) in [6, 6.07) is 9.71. The Kier molecular flexibility index (Phi) is 8.73. The zero-order chi connectivity index (χ0) is 24.7. The molecule has 2 aromatic carbocycles. The van der Waals surface area contributed by atoms with Gasteiger partial charge in [0.2, 0.25) is 5.91 Å². The predicted molar refractivity (Wildman–Crippen MR) is 130 cm³/mol. The van der Waals surface area contributed by atoms with Crippen LogP contribution in [0.5, 0.6) is 11.5 Å². The zero-order valence-corrected chi connectivity index (χ0v) is 20.3. The summed E-state index contributed by atoms with van der Waals surface area (Å²) in [4.78, 5) is 27.9. The smallest absolute Gasteiger partial charge is 0.317 e. The molecule has 1 aliphatic rings. The topological polar surface area (TPSA) is 79.9 Å². The van der Waals surface area contributed by atoms with E-state index < -0.39 is 0 Å². The van der Waals surface area contributed by atoms with E-state index in [-0.39, 0.29) is 36.3 Å². The molecular weight excluding hydrogens is 437 g/mol. The van der Waals surface area contributed by atoms with Gasteiger partial charge in [-0.05, 0) is 55.5 Å². The van der Waals surface area contributed by atoms with E-state index in [0.717, 1.165) is 18.4 Å². The van der Waals surface area contributed by atoms with Crippen LogP contribution in [0.3, 0.4) is 0 Å². The van der Waals surface area contributed by atoms with Crippen LogP contribution in [0.25, 0.3) is 0 Å². The summed E-state index contributed by atoms with van der Waals surface area (Å²) in [5.74, 6) is 0.284. The van der Waals surface area contributed by atoms with Crippen LogP contribution in [0.1, 0.15) is 49.8 Å². The van der Waals surface area contributed by atoms with Crippen molar-refractivity contribution in [3.63, 3.8) is 0 Å². The van der Waals surface area contributed by atoms with Crippen molar-refractivity contribution >= 4 is 17.6 Å². The van der Waals surface area contributed by atoms with Gasteiger partial charge in [-0.15, -0.1) is 0 Å².